The minimum Gasteiger partial charge on any atom is -0.388 e. The average Bonchev–Trinajstić information content (AvgIpc) is 3.34. The van der Waals surface area contributed by atoms with E-state index >= 15 is 0 Å². The molecular formula is C20H20BrN3O4S. The third-order valence-corrected chi connectivity index (χ3v) is 6.55. The third-order valence-electron chi connectivity index (χ3n) is 4.98. The van der Waals surface area contributed by atoms with Crippen molar-refractivity contribution in [1.29, 1.82) is 0 Å². The van der Waals surface area contributed by atoms with Gasteiger partial charge >= 0.3 is 0 Å². The molecule has 152 valence electrons. The second kappa shape index (κ2) is 8.27. The van der Waals surface area contributed by atoms with Crippen LogP contribution in [0.1, 0.15) is 16.1 Å². The molecule has 0 radical (unpaired) electrons. The van der Waals surface area contributed by atoms with Gasteiger partial charge in [0.05, 0.1) is 16.0 Å². The van der Waals surface area contributed by atoms with Crippen LogP contribution >= 0.6 is 27.3 Å². The van der Waals surface area contributed by atoms with Gasteiger partial charge in [-0.1, -0.05) is 30.3 Å². The quantitative estimate of drug-likeness (QED) is 0.450. The van der Waals surface area contributed by atoms with Crippen molar-refractivity contribution in [3.8, 4) is 0 Å². The SMILES string of the molecule is O=C(N[C@@H](Cc1ccccc1)C(=O)N1C[C@@H](O)[C@@H](O)C1)c1cc2cc(Br)sc2[nH]1. The van der Waals surface area contributed by atoms with Crippen molar-refractivity contribution >= 4 is 49.3 Å². The maximum absolute atomic E-state index is 13.0. The van der Waals surface area contributed by atoms with E-state index in [1.54, 1.807) is 6.07 Å². The lowest BCUT2D eigenvalue weighted by Gasteiger charge is -2.24. The van der Waals surface area contributed by atoms with E-state index in [0.717, 1.165) is 19.6 Å². The standard InChI is InChI=1S/C20H20BrN3O4S/c21-17-8-12-7-13(23-19(12)29-17)18(27)22-14(6-11-4-2-1-3-5-11)20(28)24-9-15(25)16(26)10-24/h1-5,7-8,14-16,23,25-26H,6,9-10H2,(H,22,27)/t14-,15-,16+/m0/s1. The number of aliphatic hydroxyl groups excluding tert-OH is 2. The Morgan fingerprint density at radius 1 is 1.21 bits per heavy atom. The Labute approximate surface area is 179 Å². The van der Waals surface area contributed by atoms with Gasteiger partial charge in [-0.15, -0.1) is 11.3 Å². The number of H-pyrrole nitrogens is 1. The lowest BCUT2D eigenvalue weighted by Crippen LogP contribution is -2.49. The normalized spacial score (nSPS) is 20.2. The number of likely N-dealkylation sites (tertiary alicyclic amines) is 1. The Hall–Kier alpha value is -2.20. The molecule has 29 heavy (non-hydrogen) atoms. The van der Waals surface area contributed by atoms with E-state index in [2.05, 4.69) is 26.2 Å². The second-order valence-electron chi connectivity index (χ2n) is 7.11. The summed E-state index contributed by atoms with van der Waals surface area (Å²) in [5.41, 5.74) is 1.29. The summed E-state index contributed by atoms with van der Waals surface area (Å²) in [7, 11) is 0. The molecule has 9 heteroatoms. The molecule has 2 aromatic heterocycles. The minimum absolute atomic E-state index is 0.0490. The van der Waals surface area contributed by atoms with Crippen LogP contribution in [0.5, 0.6) is 0 Å². The molecule has 1 fully saturated rings. The molecule has 0 aliphatic carbocycles. The van der Waals surface area contributed by atoms with Gasteiger partial charge in [-0.25, -0.2) is 0 Å². The Bertz CT molecular complexity index is 993. The molecule has 0 bridgehead atoms. The average molecular weight is 478 g/mol. The number of carbonyl (C=O) groups is 2. The lowest BCUT2D eigenvalue weighted by atomic mass is 10.0. The monoisotopic (exact) mass is 477 g/mol. The number of amides is 2. The summed E-state index contributed by atoms with van der Waals surface area (Å²) in [6, 6.07) is 12.3. The van der Waals surface area contributed by atoms with Crippen LogP contribution in [0.2, 0.25) is 0 Å². The number of halogens is 1. The number of aromatic nitrogens is 1. The number of aliphatic hydroxyl groups is 2. The Morgan fingerprint density at radius 3 is 2.55 bits per heavy atom. The zero-order valence-electron chi connectivity index (χ0n) is 15.3. The van der Waals surface area contributed by atoms with Crippen LogP contribution in [0.4, 0.5) is 0 Å². The first-order valence-corrected chi connectivity index (χ1v) is 10.8. The third kappa shape index (κ3) is 4.37. The van der Waals surface area contributed by atoms with Gasteiger partial charge < -0.3 is 25.4 Å². The number of nitrogens with zero attached hydrogens (tertiary/aromatic N) is 1. The molecule has 0 spiro atoms. The number of hydrogen-bond donors (Lipinski definition) is 4. The van der Waals surface area contributed by atoms with E-state index in [1.165, 1.54) is 16.2 Å². The minimum atomic E-state index is -0.972. The van der Waals surface area contributed by atoms with Crippen molar-refractivity contribution in [3.05, 3.63) is 57.5 Å². The van der Waals surface area contributed by atoms with Gasteiger partial charge in [0.2, 0.25) is 5.91 Å². The highest BCUT2D eigenvalue weighted by Gasteiger charge is 2.36. The van der Waals surface area contributed by atoms with Crippen LogP contribution in [0.3, 0.4) is 0 Å². The number of carbonyl (C=O) groups excluding carboxylic acids is 2. The molecule has 1 aromatic carbocycles. The number of β-amino-alcohol motifs (C(OH)–C–C–N with tert-alkyl or cyclic N) is 2. The molecule has 1 saturated heterocycles. The number of benzene rings is 1. The van der Waals surface area contributed by atoms with Gasteiger partial charge in [-0.2, -0.15) is 0 Å². The summed E-state index contributed by atoms with van der Waals surface area (Å²) in [5.74, 6) is -0.701. The number of thiophene rings is 1. The number of rotatable bonds is 5. The fourth-order valence-electron chi connectivity index (χ4n) is 3.47. The summed E-state index contributed by atoms with van der Waals surface area (Å²) in [5, 5.41) is 23.3. The lowest BCUT2D eigenvalue weighted by molar-refractivity contribution is -0.132. The van der Waals surface area contributed by atoms with Crippen molar-refractivity contribution in [2.24, 2.45) is 0 Å². The van der Waals surface area contributed by atoms with Gasteiger partial charge in [0.15, 0.2) is 0 Å². The van der Waals surface area contributed by atoms with Crippen LogP contribution in [0.15, 0.2) is 46.3 Å². The maximum atomic E-state index is 13.0. The summed E-state index contributed by atoms with van der Waals surface area (Å²) in [6.07, 6.45) is -1.63. The van der Waals surface area contributed by atoms with E-state index in [1.807, 2.05) is 36.4 Å². The van der Waals surface area contributed by atoms with Crippen molar-refractivity contribution in [2.75, 3.05) is 13.1 Å². The van der Waals surface area contributed by atoms with Crippen molar-refractivity contribution < 1.29 is 19.8 Å². The first-order valence-electron chi connectivity index (χ1n) is 9.18. The molecule has 3 aromatic rings. The smallest absolute Gasteiger partial charge is 0.268 e. The number of aromatic amines is 1. The van der Waals surface area contributed by atoms with E-state index in [-0.39, 0.29) is 24.9 Å². The largest absolute Gasteiger partial charge is 0.388 e. The van der Waals surface area contributed by atoms with E-state index in [9.17, 15) is 19.8 Å². The van der Waals surface area contributed by atoms with Crippen molar-refractivity contribution in [3.63, 3.8) is 0 Å². The first-order chi connectivity index (χ1) is 13.9. The fraction of sp³-hybridized carbons (Fsp3) is 0.300. The zero-order valence-corrected chi connectivity index (χ0v) is 17.7. The zero-order chi connectivity index (χ0) is 20.5. The molecule has 1 aliphatic rings. The number of fused-ring (bicyclic) bond motifs is 1. The Balaban J connectivity index is 1.54. The highest BCUT2D eigenvalue weighted by Crippen LogP contribution is 2.29. The summed E-state index contributed by atoms with van der Waals surface area (Å²) in [6.45, 7) is 0.0981. The highest BCUT2D eigenvalue weighted by molar-refractivity contribution is 9.11. The second-order valence-corrected chi connectivity index (χ2v) is 9.54. The molecule has 3 heterocycles. The van der Waals surface area contributed by atoms with E-state index < -0.39 is 18.2 Å². The van der Waals surface area contributed by atoms with Gasteiger partial charge in [0, 0.05) is 24.9 Å². The molecule has 3 atom stereocenters. The first kappa shape index (κ1) is 20.1. The van der Waals surface area contributed by atoms with Gasteiger partial charge in [-0.3, -0.25) is 9.59 Å². The van der Waals surface area contributed by atoms with Crippen LogP contribution in [0.25, 0.3) is 10.2 Å². The molecule has 0 unspecified atom stereocenters. The predicted octanol–water partition coefficient (Wildman–Crippen LogP) is 1.90. The molecule has 1 aliphatic heterocycles. The summed E-state index contributed by atoms with van der Waals surface area (Å²) < 4.78 is 0.967. The van der Waals surface area contributed by atoms with Gasteiger partial charge in [-0.05, 0) is 33.6 Å². The Kier molecular flexibility index (Phi) is 5.73. The summed E-state index contributed by atoms with van der Waals surface area (Å²) in [4.78, 5) is 31.2. The fourth-order valence-corrected chi connectivity index (χ4v) is 4.98. The molecular weight excluding hydrogens is 458 g/mol. The molecule has 0 saturated carbocycles. The van der Waals surface area contributed by atoms with Crippen LogP contribution in [-0.2, 0) is 11.2 Å². The summed E-state index contributed by atoms with van der Waals surface area (Å²) >= 11 is 4.91. The van der Waals surface area contributed by atoms with Crippen LogP contribution < -0.4 is 5.32 Å². The van der Waals surface area contributed by atoms with Crippen LogP contribution in [-0.4, -0.2) is 63.3 Å². The van der Waals surface area contributed by atoms with Crippen molar-refractivity contribution in [1.82, 2.24) is 15.2 Å². The molecule has 4 N–H and O–H groups in total. The van der Waals surface area contributed by atoms with Crippen LogP contribution in [0, 0.1) is 0 Å². The topological polar surface area (TPSA) is 106 Å². The number of nitrogens with one attached hydrogen (secondary N) is 2. The Morgan fingerprint density at radius 2 is 1.90 bits per heavy atom. The van der Waals surface area contributed by atoms with Gasteiger partial charge in [0.1, 0.15) is 16.6 Å². The molecule has 2 amide bonds. The molecule has 4 rings (SSSR count). The van der Waals surface area contributed by atoms with Gasteiger partial charge in [0.25, 0.3) is 5.91 Å². The predicted molar refractivity (Wildman–Crippen MR) is 114 cm³/mol. The van der Waals surface area contributed by atoms with E-state index in [0.29, 0.717) is 12.1 Å². The van der Waals surface area contributed by atoms with E-state index in [4.69, 9.17) is 0 Å². The van der Waals surface area contributed by atoms with Crippen molar-refractivity contribution in [2.45, 2.75) is 24.7 Å². The number of hydrogen-bond acceptors (Lipinski definition) is 5. The maximum Gasteiger partial charge on any atom is 0.268 e. The highest BCUT2D eigenvalue weighted by atomic mass is 79.9. The molecule has 7 nitrogen and oxygen atoms in total.